The Morgan fingerprint density at radius 2 is 2.16 bits per heavy atom. The molecule has 0 N–H and O–H groups in total. The van der Waals surface area contributed by atoms with Crippen molar-refractivity contribution in [2.45, 2.75) is 31.8 Å². The van der Waals surface area contributed by atoms with Crippen LogP contribution >= 0.6 is 11.6 Å². The van der Waals surface area contributed by atoms with Crippen molar-refractivity contribution >= 4 is 28.3 Å². The highest BCUT2D eigenvalue weighted by atomic mass is 35.5. The summed E-state index contributed by atoms with van der Waals surface area (Å²) in [4.78, 5) is 28.4. The Bertz CT molecular complexity index is 1000. The monoisotopic (exact) mass is 359 g/mol. The van der Waals surface area contributed by atoms with E-state index in [0.717, 1.165) is 25.0 Å². The number of hydrogen-bond acceptors (Lipinski definition) is 6. The van der Waals surface area contributed by atoms with Crippen molar-refractivity contribution in [1.82, 2.24) is 4.98 Å². The van der Waals surface area contributed by atoms with E-state index in [-0.39, 0.29) is 12.4 Å². The number of hydrogen-bond donors (Lipinski definition) is 0. The topological polar surface area (TPSA) is 82.5 Å². The number of carbonyl (C=O) groups excluding carboxylic acids is 1. The molecular formula is C18H14ClNO5. The van der Waals surface area contributed by atoms with E-state index >= 15 is 0 Å². The Hall–Kier alpha value is -2.60. The predicted octanol–water partition coefficient (Wildman–Crippen LogP) is 4.06. The lowest BCUT2D eigenvalue weighted by molar-refractivity contribution is 0.0424. The van der Waals surface area contributed by atoms with Crippen LogP contribution in [0.4, 0.5) is 0 Å². The Balaban J connectivity index is 1.53. The maximum Gasteiger partial charge on any atom is 0.374 e. The van der Waals surface area contributed by atoms with E-state index in [1.54, 1.807) is 12.1 Å². The number of nitrogens with zero attached hydrogens (tertiary/aromatic N) is 1. The molecule has 2 aromatic heterocycles. The molecule has 0 saturated heterocycles. The Morgan fingerprint density at radius 1 is 1.32 bits per heavy atom. The third kappa shape index (κ3) is 3.05. The Morgan fingerprint density at radius 3 is 2.92 bits per heavy atom. The standard InChI is InChI=1S/C18H14ClNO5/c19-12-5-4-11-6-15(25-17(21)13(11)7-12)18(22)23-8-14-16(24-9-20-14)10-2-1-3-10/h4-7,9-10H,1-3,8H2. The zero-order chi connectivity index (χ0) is 17.4. The van der Waals surface area contributed by atoms with Crippen molar-refractivity contribution in [2.75, 3.05) is 0 Å². The van der Waals surface area contributed by atoms with Crippen LogP contribution in [-0.4, -0.2) is 11.0 Å². The summed E-state index contributed by atoms with van der Waals surface area (Å²) >= 11 is 5.87. The van der Waals surface area contributed by atoms with Crippen LogP contribution in [0.15, 0.2) is 44.3 Å². The highest BCUT2D eigenvalue weighted by Crippen LogP contribution is 2.37. The van der Waals surface area contributed by atoms with E-state index in [1.807, 2.05) is 0 Å². The minimum absolute atomic E-state index is 0.0243. The van der Waals surface area contributed by atoms with Crippen molar-refractivity contribution < 1.29 is 18.4 Å². The van der Waals surface area contributed by atoms with Crippen LogP contribution < -0.4 is 5.63 Å². The first-order valence-corrected chi connectivity index (χ1v) is 8.32. The summed E-state index contributed by atoms with van der Waals surface area (Å²) < 4.78 is 15.7. The number of esters is 1. The quantitative estimate of drug-likeness (QED) is 0.653. The summed E-state index contributed by atoms with van der Waals surface area (Å²) in [5.41, 5.74) is -0.0310. The molecule has 0 radical (unpaired) electrons. The average molecular weight is 360 g/mol. The van der Waals surface area contributed by atoms with Crippen molar-refractivity contribution in [1.29, 1.82) is 0 Å². The molecule has 1 saturated carbocycles. The minimum Gasteiger partial charge on any atom is -0.453 e. The van der Waals surface area contributed by atoms with Gasteiger partial charge in [-0.1, -0.05) is 24.1 Å². The fourth-order valence-electron chi connectivity index (χ4n) is 2.85. The van der Waals surface area contributed by atoms with Gasteiger partial charge in [-0.25, -0.2) is 14.6 Å². The first kappa shape index (κ1) is 15.9. The van der Waals surface area contributed by atoms with Crippen LogP contribution in [-0.2, 0) is 11.3 Å². The lowest BCUT2D eigenvalue weighted by atomic mass is 9.83. The molecule has 7 heteroatoms. The van der Waals surface area contributed by atoms with E-state index < -0.39 is 11.6 Å². The largest absolute Gasteiger partial charge is 0.453 e. The molecule has 3 aromatic rings. The summed E-state index contributed by atoms with van der Waals surface area (Å²) in [6, 6.07) is 6.25. The van der Waals surface area contributed by atoms with E-state index in [2.05, 4.69) is 4.98 Å². The number of benzene rings is 1. The lowest BCUT2D eigenvalue weighted by Gasteiger charge is -2.23. The molecule has 1 aliphatic rings. The van der Waals surface area contributed by atoms with Crippen molar-refractivity contribution in [3.8, 4) is 0 Å². The van der Waals surface area contributed by atoms with Crippen LogP contribution in [0, 0.1) is 0 Å². The smallest absolute Gasteiger partial charge is 0.374 e. The summed E-state index contributed by atoms with van der Waals surface area (Å²) in [6.07, 6.45) is 4.63. The molecule has 0 unspecified atom stereocenters. The van der Waals surface area contributed by atoms with Gasteiger partial charge in [0.2, 0.25) is 5.76 Å². The second kappa shape index (κ2) is 6.37. The third-order valence-corrected chi connectivity index (χ3v) is 4.65. The summed E-state index contributed by atoms with van der Waals surface area (Å²) in [5, 5.41) is 1.29. The second-order valence-corrected chi connectivity index (χ2v) is 6.43. The van der Waals surface area contributed by atoms with Gasteiger partial charge in [0.25, 0.3) is 0 Å². The maximum atomic E-state index is 12.2. The number of aromatic nitrogens is 1. The van der Waals surface area contributed by atoms with Crippen LogP contribution in [0.1, 0.15) is 47.2 Å². The SMILES string of the molecule is O=C(OCc1ncoc1C1CCC1)c1cc2ccc(Cl)cc2c(=O)o1. The first-order valence-electron chi connectivity index (χ1n) is 7.94. The molecule has 0 atom stereocenters. The van der Waals surface area contributed by atoms with E-state index in [1.165, 1.54) is 18.5 Å². The van der Waals surface area contributed by atoms with Gasteiger partial charge < -0.3 is 13.6 Å². The number of halogens is 1. The number of carbonyl (C=O) groups is 1. The Kier molecular flexibility index (Phi) is 4.05. The summed E-state index contributed by atoms with van der Waals surface area (Å²) in [7, 11) is 0. The molecule has 4 rings (SSSR count). The highest BCUT2D eigenvalue weighted by molar-refractivity contribution is 6.31. The van der Waals surface area contributed by atoms with Gasteiger partial charge in [-0.15, -0.1) is 0 Å². The average Bonchev–Trinajstić information content (AvgIpc) is 2.99. The number of rotatable bonds is 4. The van der Waals surface area contributed by atoms with E-state index in [4.69, 9.17) is 25.2 Å². The van der Waals surface area contributed by atoms with Gasteiger partial charge in [-0.2, -0.15) is 0 Å². The molecule has 6 nitrogen and oxygen atoms in total. The fourth-order valence-corrected chi connectivity index (χ4v) is 3.02. The van der Waals surface area contributed by atoms with Gasteiger partial charge in [-0.3, -0.25) is 0 Å². The summed E-state index contributed by atoms with van der Waals surface area (Å²) in [6.45, 7) is -0.0243. The number of oxazole rings is 1. The van der Waals surface area contributed by atoms with Crippen LogP contribution in [0.2, 0.25) is 5.02 Å². The molecule has 2 heterocycles. The molecular weight excluding hydrogens is 346 g/mol. The van der Waals surface area contributed by atoms with Gasteiger partial charge >= 0.3 is 11.6 Å². The summed E-state index contributed by atoms with van der Waals surface area (Å²) in [5.74, 6) is 0.234. The fraction of sp³-hybridized carbons (Fsp3) is 0.278. The molecule has 1 aliphatic carbocycles. The van der Waals surface area contributed by atoms with Gasteiger partial charge in [-0.05, 0) is 36.4 Å². The van der Waals surface area contributed by atoms with E-state index in [9.17, 15) is 9.59 Å². The molecule has 0 amide bonds. The van der Waals surface area contributed by atoms with Gasteiger partial charge in [0.1, 0.15) is 18.1 Å². The zero-order valence-corrected chi connectivity index (χ0v) is 13.9. The lowest BCUT2D eigenvalue weighted by Crippen LogP contribution is -2.13. The van der Waals surface area contributed by atoms with Crippen LogP contribution in [0.3, 0.4) is 0 Å². The molecule has 1 fully saturated rings. The van der Waals surface area contributed by atoms with Crippen LogP contribution in [0.5, 0.6) is 0 Å². The molecule has 0 spiro atoms. The molecule has 1 aromatic carbocycles. The van der Waals surface area contributed by atoms with Crippen molar-refractivity contribution in [2.24, 2.45) is 0 Å². The second-order valence-electron chi connectivity index (χ2n) is 6.00. The Labute approximate surface area is 147 Å². The maximum absolute atomic E-state index is 12.2. The van der Waals surface area contributed by atoms with Gasteiger partial charge in [0.15, 0.2) is 6.39 Å². The van der Waals surface area contributed by atoms with Gasteiger partial charge in [0.05, 0.1) is 5.39 Å². The molecule has 0 bridgehead atoms. The minimum atomic E-state index is -0.725. The van der Waals surface area contributed by atoms with Crippen molar-refractivity contribution in [3.05, 3.63) is 63.3 Å². The zero-order valence-electron chi connectivity index (χ0n) is 13.2. The predicted molar refractivity (Wildman–Crippen MR) is 89.7 cm³/mol. The number of fused-ring (bicyclic) bond motifs is 1. The van der Waals surface area contributed by atoms with Crippen LogP contribution in [0.25, 0.3) is 10.8 Å². The molecule has 0 aliphatic heterocycles. The first-order chi connectivity index (χ1) is 12.1. The normalized spacial score (nSPS) is 14.4. The van der Waals surface area contributed by atoms with E-state index in [0.29, 0.717) is 27.4 Å². The molecule has 25 heavy (non-hydrogen) atoms. The highest BCUT2D eigenvalue weighted by Gasteiger charge is 2.26. The molecule has 128 valence electrons. The van der Waals surface area contributed by atoms with Gasteiger partial charge in [0, 0.05) is 10.9 Å². The van der Waals surface area contributed by atoms with Crippen molar-refractivity contribution in [3.63, 3.8) is 0 Å². The third-order valence-electron chi connectivity index (χ3n) is 4.41. The number of ether oxygens (including phenoxy) is 1.